The van der Waals surface area contributed by atoms with Gasteiger partial charge in [-0.1, -0.05) is 13.3 Å². The van der Waals surface area contributed by atoms with Gasteiger partial charge >= 0.3 is 0 Å². The molecule has 0 spiro atoms. The number of nitrogens with zero attached hydrogens (tertiary/aromatic N) is 1. The molecule has 3 heteroatoms. The van der Waals surface area contributed by atoms with Gasteiger partial charge in [0.25, 0.3) is 0 Å². The van der Waals surface area contributed by atoms with E-state index in [0.29, 0.717) is 0 Å². The minimum Gasteiger partial charge on any atom is -0.379 e. The molecule has 0 aliphatic carbocycles. The maximum Gasteiger partial charge on any atom is 0.0662 e. The van der Waals surface area contributed by atoms with Gasteiger partial charge in [-0.2, -0.15) is 0 Å². The molecule has 16 heavy (non-hydrogen) atoms. The summed E-state index contributed by atoms with van der Waals surface area (Å²) < 4.78 is 5.66. The van der Waals surface area contributed by atoms with E-state index in [1.165, 1.54) is 45.2 Å². The van der Waals surface area contributed by atoms with E-state index < -0.39 is 0 Å². The summed E-state index contributed by atoms with van der Waals surface area (Å²) >= 11 is 0. The van der Waals surface area contributed by atoms with Crippen LogP contribution >= 0.6 is 0 Å². The van der Waals surface area contributed by atoms with Gasteiger partial charge in [0, 0.05) is 13.2 Å². The van der Waals surface area contributed by atoms with Crippen LogP contribution in [0.4, 0.5) is 0 Å². The number of likely N-dealkylation sites (tertiary alicyclic amines) is 1. The Morgan fingerprint density at radius 3 is 2.62 bits per heavy atom. The fourth-order valence-corrected chi connectivity index (χ4v) is 3.19. The smallest absolute Gasteiger partial charge is 0.0662 e. The normalized spacial score (nSPS) is 34.1. The molecule has 2 rings (SSSR count). The lowest BCUT2D eigenvalue weighted by molar-refractivity contribution is -0.0569. The molecule has 3 nitrogen and oxygen atoms in total. The van der Waals surface area contributed by atoms with E-state index in [-0.39, 0.29) is 5.54 Å². The first kappa shape index (κ1) is 12.3. The van der Waals surface area contributed by atoms with Crippen LogP contribution in [-0.2, 0) is 4.74 Å². The molecular formula is C13H26N2O. The van der Waals surface area contributed by atoms with Crippen LogP contribution in [0, 0.1) is 5.92 Å². The van der Waals surface area contributed by atoms with Crippen molar-refractivity contribution in [3.05, 3.63) is 0 Å². The Morgan fingerprint density at radius 1 is 1.38 bits per heavy atom. The standard InChI is InChI=1S/C13H26N2O/c1-2-12-4-7-15(8-5-12)13(10-14)6-3-9-16-11-13/h12H,2-11,14H2,1H3. The number of nitrogens with two attached hydrogens (primary N) is 1. The maximum absolute atomic E-state index is 6.01. The monoisotopic (exact) mass is 226 g/mol. The molecule has 1 atom stereocenters. The topological polar surface area (TPSA) is 38.5 Å². The highest BCUT2D eigenvalue weighted by Gasteiger charge is 2.38. The Hall–Kier alpha value is -0.120. The Balaban J connectivity index is 1.94. The van der Waals surface area contributed by atoms with Crippen LogP contribution in [0.2, 0.25) is 0 Å². The summed E-state index contributed by atoms with van der Waals surface area (Å²) in [6.07, 6.45) is 6.42. The van der Waals surface area contributed by atoms with E-state index in [1.54, 1.807) is 0 Å². The van der Waals surface area contributed by atoms with Crippen molar-refractivity contribution in [2.75, 3.05) is 32.8 Å². The van der Waals surface area contributed by atoms with Gasteiger partial charge < -0.3 is 10.5 Å². The number of hydrogen-bond acceptors (Lipinski definition) is 3. The van der Waals surface area contributed by atoms with Crippen LogP contribution in [0.3, 0.4) is 0 Å². The molecule has 94 valence electrons. The molecule has 0 aromatic rings. The Bertz CT molecular complexity index is 206. The molecule has 2 saturated heterocycles. The lowest BCUT2D eigenvalue weighted by Gasteiger charge is -2.48. The van der Waals surface area contributed by atoms with Crippen LogP contribution < -0.4 is 5.73 Å². The van der Waals surface area contributed by atoms with Gasteiger partial charge in [-0.05, 0) is 44.7 Å². The Morgan fingerprint density at radius 2 is 2.12 bits per heavy atom. The highest BCUT2D eigenvalue weighted by Crippen LogP contribution is 2.30. The minimum absolute atomic E-state index is 0.164. The second-order valence-corrected chi connectivity index (χ2v) is 5.42. The van der Waals surface area contributed by atoms with Crippen LogP contribution in [0.15, 0.2) is 0 Å². The first-order chi connectivity index (χ1) is 7.80. The van der Waals surface area contributed by atoms with Crippen molar-refractivity contribution in [2.24, 2.45) is 11.7 Å². The fraction of sp³-hybridized carbons (Fsp3) is 1.00. The molecule has 0 amide bonds. The molecule has 2 aliphatic rings. The van der Waals surface area contributed by atoms with Crippen molar-refractivity contribution >= 4 is 0 Å². The molecule has 0 bridgehead atoms. The van der Waals surface area contributed by atoms with Gasteiger partial charge in [-0.25, -0.2) is 0 Å². The quantitative estimate of drug-likeness (QED) is 0.794. The van der Waals surface area contributed by atoms with E-state index in [0.717, 1.165) is 25.7 Å². The van der Waals surface area contributed by atoms with Gasteiger partial charge in [0.15, 0.2) is 0 Å². The zero-order chi connectivity index (χ0) is 11.4. The van der Waals surface area contributed by atoms with Crippen molar-refractivity contribution in [1.29, 1.82) is 0 Å². The van der Waals surface area contributed by atoms with E-state index in [9.17, 15) is 0 Å². The molecule has 2 N–H and O–H groups in total. The van der Waals surface area contributed by atoms with E-state index in [1.807, 2.05) is 0 Å². The van der Waals surface area contributed by atoms with Crippen molar-refractivity contribution in [2.45, 2.75) is 44.6 Å². The molecule has 2 fully saturated rings. The fourth-order valence-electron chi connectivity index (χ4n) is 3.19. The molecular weight excluding hydrogens is 200 g/mol. The SMILES string of the molecule is CCC1CCN(C2(CN)CCCOC2)CC1. The maximum atomic E-state index is 6.01. The third kappa shape index (κ3) is 2.41. The number of ether oxygens (including phenoxy) is 1. The van der Waals surface area contributed by atoms with Gasteiger partial charge in [0.05, 0.1) is 12.1 Å². The lowest BCUT2D eigenvalue weighted by atomic mass is 9.85. The van der Waals surface area contributed by atoms with Crippen molar-refractivity contribution in [3.63, 3.8) is 0 Å². The summed E-state index contributed by atoms with van der Waals surface area (Å²) in [5, 5.41) is 0. The zero-order valence-electron chi connectivity index (χ0n) is 10.6. The summed E-state index contributed by atoms with van der Waals surface area (Å²) in [6.45, 7) is 7.28. The van der Waals surface area contributed by atoms with E-state index in [2.05, 4.69) is 11.8 Å². The van der Waals surface area contributed by atoms with Gasteiger partial charge in [-0.15, -0.1) is 0 Å². The molecule has 0 radical (unpaired) electrons. The Kier molecular flexibility index (Phi) is 4.22. The van der Waals surface area contributed by atoms with Crippen LogP contribution in [0.25, 0.3) is 0 Å². The van der Waals surface area contributed by atoms with Crippen LogP contribution in [0.1, 0.15) is 39.0 Å². The molecule has 2 aliphatic heterocycles. The first-order valence-corrected chi connectivity index (χ1v) is 6.83. The molecule has 2 heterocycles. The molecule has 0 saturated carbocycles. The number of rotatable bonds is 3. The van der Waals surface area contributed by atoms with Gasteiger partial charge in [0.2, 0.25) is 0 Å². The van der Waals surface area contributed by atoms with Gasteiger partial charge in [0.1, 0.15) is 0 Å². The average Bonchev–Trinajstić information content (AvgIpc) is 2.39. The van der Waals surface area contributed by atoms with Crippen LogP contribution in [-0.4, -0.2) is 43.3 Å². The summed E-state index contributed by atoms with van der Waals surface area (Å²) in [5.41, 5.74) is 6.18. The summed E-state index contributed by atoms with van der Waals surface area (Å²) in [7, 11) is 0. The Labute approximate surface area is 99.3 Å². The molecule has 1 unspecified atom stereocenters. The third-order valence-electron chi connectivity index (χ3n) is 4.54. The average molecular weight is 226 g/mol. The molecule has 0 aromatic carbocycles. The second kappa shape index (κ2) is 5.48. The molecule has 0 aromatic heterocycles. The third-order valence-corrected chi connectivity index (χ3v) is 4.54. The first-order valence-electron chi connectivity index (χ1n) is 6.83. The predicted molar refractivity (Wildman–Crippen MR) is 66.4 cm³/mol. The summed E-state index contributed by atoms with van der Waals surface area (Å²) in [4.78, 5) is 2.61. The number of piperidine rings is 1. The predicted octanol–water partition coefficient (Wildman–Crippen LogP) is 1.62. The highest BCUT2D eigenvalue weighted by atomic mass is 16.5. The van der Waals surface area contributed by atoms with Crippen LogP contribution in [0.5, 0.6) is 0 Å². The second-order valence-electron chi connectivity index (χ2n) is 5.42. The number of hydrogen-bond donors (Lipinski definition) is 1. The van der Waals surface area contributed by atoms with E-state index >= 15 is 0 Å². The highest BCUT2D eigenvalue weighted by molar-refractivity contribution is 4.95. The largest absolute Gasteiger partial charge is 0.379 e. The summed E-state index contributed by atoms with van der Waals surface area (Å²) in [5.74, 6) is 0.940. The summed E-state index contributed by atoms with van der Waals surface area (Å²) in [6, 6.07) is 0. The van der Waals surface area contributed by atoms with Gasteiger partial charge in [-0.3, -0.25) is 4.90 Å². The van der Waals surface area contributed by atoms with Crippen molar-refractivity contribution in [1.82, 2.24) is 4.90 Å². The minimum atomic E-state index is 0.164. The van der Waals surface area contributed by atoms with Crippen molar-refractivity contribution < 1.29 is 4.74 Å². The lowest BCUT2D eigenvalue weighted by Crippen LogP contribution is -2.60. The zero-order valence-corrected chi connectivity index (χ0v) is 10.6. The van der Waals surface area contributed by atoms with E-state index in [4.69, 9.17) is 10.5 Å². The van der Waals surface area contributed by atoms with Crippen molar-refractivity contribution in [3.8, 4) is 0 Å².